The highest BCUT2D eigenvalue weighted by molar-refractivity contribution is 7.92. The van der Waals surface area contributed by atoms with E-state index in [1.807, 2.05) is 50.2 Å². The standard InChI is InChI=1S/C17H18N2O3S/c1-3-19(14-8-6-7-13(2)11-14)23(20,21)12-16-15-9-4-5-10-17(15)22-18-16/h4-11H,3,12H2,1-2H3. The van der Waals surface area contributed by atoms with Gasteiger partial charge in [0.2, 0.25) is 10.0 Å². The van der Waals surface area contributed by atoms with Crippen LogP contribution in [0.5, 0.6) is 0 Å². The smallest absolute Gasteiger partial charge is 0.241 e. The van der Waals surface area contributed by atoms with Crippen LogP contribution >= 0.6 is 0 Å². The number of anilines is 1. The van der Waals surface area contributed by atoms with Gasteiger partial charge in [0, 0.05) is 11.9 Å². The van der Waals surface area contributed by atoms with Gasteiger partial charge in [-0.2, -0.15) is 0 Å². The molecular weight excluding hydrogens is 312 g/mol. The highest BCUT2D eigenvalue weighted by atomic mass is 32.2. The molecule has 1 heterocycles. The monoisotopic (exact) mass is 330 g/mol. The maximum atomic E-state index is 12.8. The van der Waals surface area contributed by atoms with E-state index in [1.165, 1.54) is 4.31 Å². The molecule has 0 aliphatic rings. The van der Waals surface area contributed by atoms with Gasteiger partial charge >= 0.3 is 0 Å². The number of aryl methyl sites for hydroxylation is 1. The number of hydrogen-bond donors (Lipinski definition) is 0. The summed E-state index contributed by atoms with van der Waals surface area (Å²) in [5.74, 6) is -0.189. The van der Waals surface area contributed by atoms with Crippen molar-refractivity contribution in [3.05, 3.63) is 59.8 Å². The molecule has 0 N–H and O–H groups in total. The highest BCUT2D eigenvalue weighted by Gasteiger charge is 2.24. The van der Waals surface area contributed by atoms with Crippen molar-refractivity contribution in [2.75, 3.05) is 10.8 Å². The van der Waals surface area contributed by atoms with Crippen molar-refractivity contribution < 1.29 is 12.9 Å². The van der Waals surface area contributed by atoms with Crippen LogP contribution in [0.25, 0.3) is 11.0 Å². The number of sulfonamides is 1. The zero-order valence-electron chi connectivity index (χ0n) is 13.1. The van der Waals surface area contributed by atoms with Crippen LogP contribution in [0.1, 0.15) is 18.2 Å². The van der Waals surface area contributed by atoms with Crippen LogP contribution in [0, 0.1) is 6.92 Å². The van der Waals surface area contributed by atoms with E-state index in [-0.39, 0.29) is 5.75 Å². The molecule has 0 amide bonds. The fourth-order valence-electron chi connectivity index (χ4n) is 2.62. The zero-order chi connectivity index (χ0) is 16.4. The molecule has 5 nitrogen and oxygen atoms in total. The number of rotatable bonds is 5. The Balaban J connectivity index is 1.96. The Morgan fingerprint density at radius 2 is 1.91 bits per heavy atom. The maximum absolute atomic E-state index is 12.8. The average Bonchev–Trinajstić information content (AvgIpc) is 2.90. The van der Waals surface area contributed by atoms with Crippen molar-refractivity contribution in [2.24, 2.45) is 0 Å². The van der Waals surface area contributed by atoms with E-state index in [0.29, 0.717) is 23.5 Å². The molecule has 6 heteroatoms. The summed E-state index contributed by atoms with van der Waals surface area (Å²) in [6, 6.07) is 14.7. The second-order valence-electron chi connectivity index (χ2n) is 5.39. The number of benzene rings is 2. The van der Waals surface area contributed by atoms with E-state index >= 15 is 0 Å². The summed E-state index contributed by atoms with van der Waals surface area (Å²) in [5.41, 5.74) is 2.71. The fourth-order valence-corrected chi connectivity index (χ4v) is 4.15. The SMILES string of the molecule is CCN(c1cccc(C)c1)S(=O)(=O)Cc1noc2ccccc12. The molecule has 1 aromatic heterocycles. The normalized spacial score (nSPS) is 11.7. The number of nitrogens with zero attached hydrogens (tertiary/aromatic N) is 2. The van der Waals surface area contributed by atoms with Crippen LogP contribution in [-0.4, -0.2) is 20.1 Å². The third-order valence-electron chi connectivity index (χ3n) is 3.68. The fraction of sp³-hybridized carbons (Fsp3) is 0.235. The third kappa shape index (κ3) is 3.07. The molecule has 120 valence electrons. The molecule has 3 aromatic rings. The van der Waals surface area contributed by atoms with Gasteiger partial charge in [0.05, 0.1) is 5.69 Å². The lowest BCUT2D eigenvalue weighted by molar-refractivity contribution is 0.448. The first-order chi connectivity index (χ1) is 11.0. The predicted molar refractivity (Wildman–Crippen MR) is 90.8 cm³/mol. The lowest BCUT2D eigenvalue weighted by atomic mass is 10.2. The molecular formula is C17H18N2O3S. The Kier molecular flexibility index (Phi) is 4.09. The van der Waals surface area contributed by atoms with Gasteiger partial charge in [-0.3, -0.25) is 4.31 Å². The summed E-state index contributed by atoms with van der Waals surface area (Å²) < 4.78 is 32.3. The summed E-state index contributed by atoms with van der Waals surface area (Å²) in [6.45, 7) is 4.12. The van der Waals surface area contributed by atoms with Gasteiger partial charge in [-0.15, -0.1) is 0 Å². The number of aromatic nitrogens is 1. The van der Waals surface area contributed by atoms with Crippen molar-refractivity contribution in [1.29, 1.82) is 0 Å². The quantitative estimate of drug-likeness (QED) is 0.718. The Morgan fingerprint density at radius 3 is 2.65 bits per heavy atom. The Morgan fingerprint density at radius 1 is 1.13 bits per heavy atom. The minimum Gasteiger partial charge on any atom is -0.356 e. The molecule has 0 spiro atoms. The molecule has 0 fully saturated rings. The van der Waals surface area contributed by atoms with Crippen molar-refractivity contribution in [1.82, 2.24) is 5.16 Å². The number of fused-ring (bicyclic) bond motifs is 1. The Labute approximate surface area is 135 Å². The first kappa shape index (κ1) is 15.6. The van der Waals surface area contributed by atoms with Crippen LogP contribution in [0.3, 0.4) is 0 Å². The lowest BCUT2D eigenvalue weighted by Gasteiger charge is -2.22. The van der Waals surface area contributed by atoms with Crippen molar-refractivity contribution in [3.8, 4) is 0 Å². The minimum absolute atomic E-state index is 0.189. The first-order valence-corrected chi connectivity index (χ1v) is 9.02. The molecule has 0 radical (unpaired) electrons. The summed E-state index contributed by atoms with van der Waals surface area (Å²) in [5, 5.41) is 4.66. The summed E-state index contributed by atoms with van der Waals surface area (Å²) in [6.07, 6.45) is 0. The topological polar surface area (TPSA) is 63.4 Å². The van der Waals surface area contributed by atoms with Crippen LogP contribution in [0.4, 0.5) is 5.69 Å². The van der Waals surface area contributed by atoms with E-state index in [9.17, 15) is 8.42 Å². The van der Waals surface area contributed by atoms with Crippen LogP contribution in [0.15, 0.2) is 53.1 Å². The van der Waals surface area contributed by atoms with E-state index in [4.69, 9.17) is 4.52 Å². The van der Waals surface area contributed by atoms with Crippen molar-refractivity contribution in [3.63, 3.8) is 0 Å². The van der Waals surface area contributed by atoms with Crippen LogP contribution < -0.4 is 4.31 Å². The Hall–Kier alpha value is -2.34. The van der Waals surface area contributed by atoms with Gasteiger partial charge in [0.25, 0.3) is 0 Å². The molecule has 0 aliphatic heterocycles. The highest BCUT2D eigenvalue weighted by Crippen LogP contribution is 2.24. The minimum atomic E-state index is -3.55. The third-order valence-corrected chi connectivity index (χ3v) is 5.46. The van der Waals surface area contributed by atoms with E-state index in [0.717, 1.165) is 10.9 Å². The Bertz CT molecular complexity index is 932. The predicted octanol–water partition coefficient (Wildman–Crippen LogP) is 3.49. The molecule has 0 unspecified atom stereocenters. The van der Waals surface area contributed by atoms with Gasteiger partial charge in [0.15, 0.2) is 5.58 Å². The molecule has 3 rings (SSSR count). The molecule has 0 saturated carbocycles. The lowest BCUT2D eigenvalue weighted by Crippen LogP contribution is -2.32. The van der Waals surface area contributed by atoms with Crippen molar-refractivity contribution in [2.45, 2.75) is 19.6 Å². The average molecular weight is 330 g/mol. The van der Waals surface area contributed by atoms with E-state index in [1.54, 1.807) is 12.1 Å². The van der Waals surface area contributed by atoms with E-state index in [2.05, 4.69) is 5.16 Å². The largest absolute Gasteiger partial charge is 0.356 e. The molecule has 0 aliphatic carbocycles. The summed E-state index contributed by atoms with van der Waals surface area (Å²) >= 11 is 0. The molecule has 0 atom stereocenters. The van der Waals surface area contributed by atoms with Gasteiger partial charge in [-0.05, 0) is 43.7 Å². The van der Waals surface area contributed by atoms with E-state index < -0.39 is 10.0 Å². The van der Waals surface area contributed by atoms with Gasteiger partial charge in [0.1, 0.15) is 11.4 Å². The van der Waals surface area contributed by atoms with Gasteiger partial charge in [-0.1, -0.05) is 29.4 Å². The number of hydrogen-bond acceptors (Lipinski definition) is 4. The number of para-hydroxylation sites is 1. The van der Waals surface area contributed by atoms with Crippen molar-refractivity contribution >= 4 is 26.7 Å². The van der Waals surface area contributed by atoms with Gasteiger partial charge < -0.3 is 4.52 Å². The van der Waals surface area contributed by atoms with Gasteiger partial charge in [-0.25, -0.2) is 8.42 Å². The maximum Gasteiger partial charge on any atom is 0.241 e. The molecule has 23 heavy (non-hydrogen) atoms. The second-order valence-corrected chi connectivity index (χ2v) is 7.28. The molecule has 0 saturated heterocycles. The molecule has 0 bridgehead atoms. The summed E-state index contributed by atoms with van der Waals surface area (Å²) in [4.78, 5) is 0. The molecule has 2 aromatic carbocycles. The first-order valence-electron chi connectivity index (χ1n) is 7.41. The zero-order valence-corrected chi connectivity index (χ0v) is 13.9. The van der Waals surface area contributed by atoms with Crippen LogP contribution in [-0.2, 0) is 15.8 Å². The second kappa shape index (κ2) is 6.04. The summed E-state index contributed by atoms with van der Waals surface area (Å²) in [7, 11) is -3.55. The van der Waals surface area contributed by atoms with Crippen LogP contribution in [0.2, 0.25) is 0 Å².